The average molecular weight is 282 g/mol. The van der Waals surface area contributed by atoms with Gasteiger partial charge in [0.1, 0.15) is 4.21 Å². The van der Waals surface area contributed by atoms with Crippen LogP contribution in [0, 0.1) is 6.92 Å². The van der Waals surface area contributed by atoms with Crippen LogP contribution in [0.25, 0.3) is 0 Å². The maximum atomic E-state index is 12.3. The van der Waals surface area contributed by atoms with E-state index in [9.17, 15) is 8.42 Å². The lowest BCUT2D eigenvalue weighted by Gasteiger charge is -2.18. The van der Waals surface area contributed by atoms with Crippen molar-refractivity contribution < 1.29 is 8.42 Å². The molecule has 2 N–H and O–H groups in total. The van der Waals surface area contributed by atoms with Gasteiger partial charge in [0, 0.05) is 17.6 Å². The minimum absolute atomic E-state index is 0.347. The van der Waals surface area contributed by atoms with E-state index in [2.05, 4.69) is 0 Å². The van der Waals surface area contributed by atoms with Crippen LogP contribution in [0.5, 0.6) is 0 Å². The van der Waals surface area contributed by atoms with Gasteiger partial charge in [-0.05, 0) is 43.3 Å². The van der Waals surface area contributed by atoms with Gasteiger partial charge in [0.05, 0.1) is 5.69 Å². The maximum Gasteiger partial charge on any atom is 0.273 e. The monoisotopic (exact) mass is 282 g/mol. The number of anilines is 2. The minimum atomic E-state index is -3.47. The van der Waals surface area contributed by atoms with Gasteiger partial charge in [-0.3, -0.25) is 4.31 Å². The Morgan fingerprint density at radius 3 is 2.22 bits per heavy atom. The predicted octanol–water partition coefficient (Wildman–Crippen LogP) is 2.46. The molecule has 6 heteroatoms. The number of aryl methyl sites for hydroxylation is 1. The fourth-order valence-electron chi connectivity index (χ4n) is 1.51. The molecule has 96 valence electrons. The van der Waals surface area contributed by atoms with Gasteiger partial charge in [-0.1, -0.05) is 0 Å². The molecule has 1 aromatic carbocycles. The van der Waals surface area contributed by atoms with Crippen molar-refractivity contribution >= 4 is 32.7 Å². The van der Waals surface area contributed by atoms with E-state index in [-0.39, 0.29) is 0 Å². The van der Waals surface area contributed by atoms with Crippen LogP contribution in [0.4, 0.5) is 11.4 Å². The van der Waals surface area contributed by atoms with Gasteiger partial charge in [-0.15, -0.1) is 11.3 Å². The Labute approximate surface area is 111 Å². The van der Waals surface area contributed by atoms with Gasteiger partial charge in [-0.2, -0.15) is 0 Å². The summed E-state index contributed by atoms with van der Waals surface area (Å²) in [5.41, 5.74) is 6.79. The highest BCUT2D eigenvalue weighted by Crippen LogP contribution is 2.27. The Bertz CT molecular complexity index is 645. The summed E-state index contributed by atoms with van der Waals surface area (Å²) in [6, 6.07) is 10.2. The molecular weight excluding hydrogens is 268 g/mol. The molecule has 4 nitrogen and oxygen atoms in total. The van der Waals surface area contributed by atoms with E-state index in [1.165, 1.54) is 22.7 Å². The zero-order valence-electron chi connectivity index (χ0n) is 10.1. The van der Waals surface area contributed by atoms with E-state index in [0.29, 0.717) is 15.6 Å². The van der Waals surface area contributed by atoms with E-state index in [4.69, 9.17) is 5.73 Å². The average Bonchev–Trinajstić information content (AvgIpc) is 2.76. The Morgan fingerprint density at radius 1 is 1.11 bits per heavy atom. The van der Waals surface area contributed by atoms with Gasteiger partial charge >= 0.3 is 0 Å². The molecule has 2 aromatic rings. The lowest BCUT2D eigenvalue weighted by molar-refractivity contribution is 0.596. The van der Waals surface area contributed by atoms with Crippen LogP contribution in [0.15, 0.2) is 40.6 Å². The summed E-state index contributed by atoms with van der Waals surface area (Å²) in [6.45, 7) is 1.88. The van der Waals surface area contributed by atoms with Crippen molar-refractivity contribution in [2.24, 2.45) is 0 Å². The van der Waals surface area contributed by atoms with Crippen molar-refractivity contribution in [2.75, 3.05) is 17.1 Å². The van der Waals surface area contributed by atoms with E-state index in [1.807, 2.05) is 6.92 Å². The van der Waals surface area contributed by atoms with Crippen LogP contribution >= 0.6 is 11.3 Å². The molecule has 0 aliphatic rings. The van der Waals surface area contributed by atoms with Crippen LogP contribution in [-0.4, -0.2) is 15.5 Å². The van der Waals surface area contributed by atoms with Crippen LogP contribution < -0.4 is 10.0 Å². The molecule has 0 spiro atoms. The molecule has 1 heterocycles. The van der Waals surface area contributed by atoms with Gasteiger partial charge in [0.15, 0.2) is 0 Å². The molecule has 0 amide bonds. The van der Waals surface area contributed by atoms with Crippen molar-refractivity contribution in [3.63, 3.8) is 0 Å². The fraction of sp³-hybridized carbons (Fsp3) is 0.167. The zero-order valence-corrected chi connectivity index (χ0v) is 11.8. The number of nitrogens with two attached hydrogens (primary N) is 1. The SMILES string of the molecule is Cc1ccc(S(=O)(=O)N(C)c2ccc(N)cc2)s1. The van der Waals surface area contributed by atoms with Gasteiger partial charge in [0.2, 0.25) is 0 Å². The van der Waals surface area contributed by atoms with E-state index >= 15 is 0 Å². The summed E-state index contributed by atoms with van der Waals surface area (Å²) < 4.78 is 26.3. The largest absolute Gasteiger partial charge is 0.399 e. The number of sulfonamides is 1. The standard InChI is InChI=1S/C12H14N2O2S2/c1-9-3-8-12(17-9)18(15,16)14(2)11-6-4-10(13)5-7-11/h3-8H,13H2,1-2H3. The lowest BCUT2D eigenvalue weighted by atomic mass is 10.3. The van der Waals surface area contributed by atoms with Crippen molar-refractivity contribution in [1.82, 2.24) is 0 Å². The number of nitrogens with zero attached hydrogens (tertiary/aromatic N) is 1. The first-order valence-electron chi connectivity index (χ1n) is 5.32. The normalized spacial score (nSPS) is 11.4. The molecule has 0 saturated carbocycles. The van der Waals surface area contributed by atoms with Crippen molar-refractivity contribution in [2.45, 2.75) is 11.1 Å². The Balaban J connectivity index is 2.39. The Hall–Kier alpha value is -1.53. The summed E-state index contributed by atoms with van der Waals surface area (Å²) >= 11 is 1.27. The van der Waals surface area contributed by atoms with Crippen LogP contribution in [0.3, 0.4) is 0 Å². The zero-order chi connectivity index (χ0) is 13.3. The van der Waals surface area contributed by atoms with Crippen LogP contribution in [-0.2, 0) is 10.0 Å². The first-order chi connectivity index (χ1) is 8.41. The van der Waals surface area contributed by atoms with Crippen LogP contribution in [0.1, 0.15) is 4.88 Å². The highest BCUT2D eigenvalue weighted by molar-refractivity contribution is 7.94. The van der Waals surface area contributed by atoms with Gasteiger partial charge in [0.25, 0.3) is 10.0 Å². The van der Waals surface area contributed by atoms with Gasteiger partial charge < -0.3 is 5.73 Å². The van der Waals surface area contributed by atoms with Crippen molar-refractivity contribution in [3.8, 4) is 0 Å². The third-order valence-electron chi connectivity index (χ3n) is 2.59. The number of nitrogen functional groups attached to an aromatic ring is 1. The fourth-order valence-corrected chi connectivity index (χ4v) is 4.16. The maximum absolute atomic E-state index is 12.3. The molecule has 0 fully saturated rings. The van der Waals surface area contributed by atoms with E-state index in [1.54, 1.807) is 36.4 Å². The first-order valence-corrected chi connectivity index (χ1v) is 7.58. The number of hydrogen-bond acceptors (Lipinski definition) is 4. The topological polar surface area (TPSA) is 63.4 Å². The number of thiophene rings is 1. The minimum Gasteiger partial charge on any atom is -0.399 e. The summed E-state index contributed by atoms with van der Waals surface area (Å²) in [5, 5.41) is 0. The molecule has 0 bridgehead atoms. The summed E-state index contributed by atoms with van der Waals surface area (Å²) in [6.07, 6.45) is 0. The first kappa shape index (κ1) is 12.9. The molecule has 0 radical (unpaired) electrons. The summed E-state index contributed by atoms with van der Waals surface area (Å²) in [5.74, 6) is 0. The highest BCUT2D eigenvalue weighted by Gasteiger charge is 2.22. The summed E-state index contributed by atoms with van der Waals surface area (Å²) in [4.78, 5) is 0.972. The molecule has 2 rings (SSSR count). The number of rotatable bonds is 3. The molecule has 18 heavy (non-hydrogen) atoms. The van der Waals surface area contributed by atoms with Crippen molar-refractivity contribution in [3.05, 3.63) is 41.3 Å². The van der Waals surface area contributed by atoms with Gasteiger partial charge in [-0.25, -0.2) is 8.42 Å². The smallest absolute Gasteiger partial charge is 0.273 e. The molecule has 0 aliphatic heterocycles. The van der Waals surface area contributed by atoms with E-state index in [0.717, 1.165) is 4.88 Å². The second kappa shape index (κ2) is 4.62. The molecule has 0 saturated heterocycles. The van der Waals surface area contributed by atoms with E-state index < -0.39 is 10.0 Å². The third kappa shape index (κ3) is 2.34. The highest BCUT2D eigenvalue weighted by atomic mass is 32.2. The second-order valence-electron chi connectivity index (χ2n) is 3.93. The third-order valence-corrected chi connectivity index (χ3v) is 5.84. The second-order valence-corrected chi connectivity index (χ2v) is 7.41. The number of benzene rings is 1. The number of hydrogen-bond donors (Lipinski definition) is 1. The molecular formula is C12H14N2O2S2. The lowest BCUT2D eigenvalue weighted by Crippen LogP contribution is -2.25. The van der Waals surface area contributed by atoms with Crippen molar-refractivity contribution in [1.29, 1.82) is 0 Å². The quantitative estimate of drug-likeness (QED) is 0.880. The predicted molar refractivity (Wildman–Crippen MR) is 75.5 cm³/mol. The summed E-state index contributed by atoms with van der Waals surface area (Å²) in [7, 11) is -1.94. The molecule has 0 atom stereocenters. The molecule has 0 aliphatic carbocycles. The Kier molecular flexibility index (Phi) is 3.32. The van der Waals surface area contributed by atoms with Crippen LogP contribution in [0.2, 0.25) is 0 Å². The molecule has 0 unspecified atom stereocenters. The Morgan fingerprint density at radius 2 is 1.72 bits per heavy atom. The molecule has 1 aromatic heterocycles.